The molecule has 0 heterocycles. The van der Waals surface area contributed by atoms with Crippen LogP contribution in [-0.4, -0.2) is 66.0 Å². The van der Waals surface area contributed by atoms with Crippen LogP contribution in [0.3, 0.4) is 0 Å². The van der Waals surface area contributed by atoms with E-state index < -0.39 is 0 Å². The molecule has 0 rings (SSSR count). The van der Waals surface area contributed by atoms with Crippen molar-refractivity contribution >= 4 is 79.0 Å². The Balaban J connectivity index is -0.0000000133. The molecule has 0 aromatic carbocycles. The van der Waals surface area contributed by atoms with Gasteiger partial charge in [0.2, 0.25) is 0 Å². The van der Waals surface area contributed by atoms with Gasteiger partial charge in [-0.05, 0) is 0 Å². The zero-order valence-corrected chi connectivity index (χ0v) is 8.17. The topological polar surface area (TPSA) is 0 Å². The Hall–Kier alpha value is 3.55. The minimum absolute atomic E-state index is 0. The molecule has 0 nitrogen and oxygen atoms in total. The van der Waals surface area contributed by atoms with Gasteiger partial charge in [0.05, 0.1) is 0 Å². The average molecular weight is 226 g/mol. The van der Waals surface area contributed by atoms with E-state index in [0.717, 1.165) is 0 Å². The maximum atomic E-state index is 4.83. The van der Waals surface area contributed by atoms with Crippen molar-refractivity contribution in [3.8, 4) is 0 Å². The Labute approximate surface area is 96.0 Å². The molecule has 0 bridgehead atoms. The molecule has 0 radical (unpaired) electrons. The van der Waals surface area contributed by atoms with Crippen LogP contribution < -0.4 is 0 Å². The molecule has 0 aromatic heterocycles. The molecule has 0 aromatic rings. The van der Waals surface area contributed by atoms with Crippen molar-refractivity contribution in [3.05, 3.63) is 0 Å². The Kier molecular flexibility index (Phi) is 81.3. The maximum absolute atomic E-state index is 4.83. The van der Waals surface area contributed by atoms with Gasteiger partial charge in [0.1, 0.15) is 0 Å². The van der Waals surface area contributed by atoms with Crippen molar-refractivity contribution in [1.82, 2.24) is 0 Å². The SMILES string of the molecule is [Cl][Ag].[Cl][K].[LiH]. The van der Waals surface area contributed by atoms with Crippen molar-refractivity contribution < 1.29 is 20.0 Å². The van der Waals surface area contributed by atoms with Gasteiger partial charge in [0, 0.05) is 0 Å². The summed E-state index contributed by atoms with van der Waals surface area (Å²) in [6.45, 7) is 0. The van der Waals surface area contributed by atoms with Gasteiger partial charge >= 0.3 is 98.9 Å². The van der Waals surface area contributed by atoms with Crippen LogP contribution in [0.1, 0.15) is 0 Å². The molecule has 0 amide bonds. The van der Waals surface area contributed by atoms with Crippen LogP contribution in [0.5, 0.6) is 0 Å². The summed E-state index contributed by atoms with van der Waals surface area (Å²) in [5.41, 5.74) is 0. The van der Waals surface area contributed by atoms with E-state index >= 15 is 0 Å². The molecule has 0 saturated carbocycles. The first-order chi connectivity index (χ1) is 2.00. The third-order valence-electron chi connectivity index (χ3n) is 0. The van der Waals surface area contributed by atoms with E-state index in [1.165, 1.54) is 0 Å². The molecule has 0 unspecified atom stereocenters. The standard InChI is InChI=1S/Ag.2ClH.K.Li.H/h;2*1H;;;/q+1;;;+1;;/p-2. The summed E-state index contributed by atoms with van der Waals surface area (Å²) >= 11 is 2.96. The molecule has 0 atom stereocenters. The Bertz CT molecular complexity index is 9.61. The fourth-order valence-electron chi connectivity index (χ4n) is 0. The minimum atomic E-state index is 0. The monoisotopic (exact) mass is 224 g/mol. The van der Waals surface area contributed by atoms with Crippen LogP contribution in [0, 0.1) is 0 Å². The van der Waals surface area contributed by atoms with E-state index in [-0.39, 0.29) is 18.9 Å². The summed E-state index contributed by atoms with van der Waals surface area (Å²) in [4.78, 5) is 0. The van der Waals surface area contributed by atoms with Crippen molar-refractivity contribution in [1.29, 1.82) is 0 Å². The summed E-state index contributed by atoms with van der Waals surface area (Å²) in [6.07, 6.45) is 0. The second kappa shape index (κ2) is 25.7. The molecule has 0 spiro atoms. The number of rotatable bonds is 0. The van der Waals surface area contributed by atoms with Crippen LogP contribution in [0.25, 0.3) is 0 Å². The van der Waals surface area contributed by atoms with Crippen LogP contribution in [-0.2, 0) is 20.0 Å². The fraction of sp³-hybridized carbons (Fsp3) is 0. The molecule has 0 fully saturated rings. The van der Waals surface area contributed by atoms with Crippen LogP contribution in [0.4, 0.5) is 0 Å². The molecule has 0 aliphatic heterocycles. The van der Waals surface area contributed by atoms with Gasteiger partial charge in [-0.1, -0.05) is 0 Å². The van der Waals surface area contributed by atoms with Gasteiger partial charge < -0.3 is 0 Å². The normalized spacial score (nSPS) is 2.80. The summed E-state index contributed by atoms with van der Waals surface area (Å²) in [7, 11) is 4.45. The van der Waals surface area contributed by atoms with Gasteiger partial charge in [-0.15, -0.1) is 0 Å². The summed E-state index contributed by atoms with van der Waals surface area (Å²) in [6, 6.07) is 0. The fourth-order valence-corrected chi connectivity index (χ4v) is 0. The third-order valence-corrected chi connectivity index (χ3v) is 0. The van der Waals surface area contributed by atoms with Gasteiger partial charge in [-0.25, -0.2) is 0 Å². The molecule has 5 heteroatoms. The Morgan fingerprint density at radius 2 is 1.20 bits per heavy atom. The van der Waals surface area contributed by atoms with E-state index in [1.54, 1.807) is 0 Å². The zero-order chi connectivity index (χ0) is 4.00. The molecule has 0 N–H and O–H groups in total. The van der Waals surface area contributed by atoms with Gasteiger partial charge in [-0.2, -0.15) is 0 Å². The van der Waals surface area contributed by atoms with Crippen molar-refractivity contribution in [2.24, 2.45) is 0 Å². The molecule has 0 aliphatic carbocycles. The quantitative estimate of drug-likeness (QED) is 0.522. The summed E-state index contributed by atoms with van der Waals surface area (Å²) < 4.78 is 4.83. The average Bonchev–Trinajstić information content (AvgIpc) is 1.50. The van der Waals surface area contributed by atoms with Gasteiger partial charge in [0.15, 0.2) is 0 Å². The predicted molar refractivity (Wildman–Crippen MR) is 24.6 cm³/mol. The van der Waals surface area contributed by atoms with E-state index in [2.05, 4.69) is 29.2 Å². The number of hydrogen-bond acceptors (Lipinski definition) is 0. The van der Waals surface area contributed by atoms with Crippen molar-refractivity contribution in [2.45, 2.75) is 0 Å². The molecular weight excluding hydrogens is 225 g/mol. The molecular formula is HAgCl2KLi. The Morgan fingerprint density at radius 3 is 1.20 bits per heavy atom. The van der Waals surface area contributed by atoms with Crippen LogP contribution in [0.2, 0.25) is 0 Å². The molecule has 5 heavy (non-hydrogen) atoms. The van der Waals surface area contributed by atoms with Crippen molar-refractivity contribution in [3.63, 3.8) is 0 Å². The molecule has 28 valence electrons. The van der Waals surface area contributed by atoms with E-state index in [4.69, 9.17) is 3.76 Å². The number of halogens is 2. The zero-order valence-electron chi connectivity index (χ0n) is 2.06. The first-order valence-electron chi connectivity index (χ1n) is 0.492. The molecule has 0 saturated heterocycles. The second-order valence-corrected chi connectivity index (χ2v) is 0. The van der Waals surface area contributed by atoms with Gasteiger partial charge in [-0.3, -0.25) is 0 Å². The van der Waals surface area contributed by atoms with E-state index in [1.807, 2.05) is 0 Å². The van der Waals surface area contributed by atoms with Crippen LogP contribution >= 0.6 is 13.0 Å². The number of hydrogen-bond donors (Lipinski definition) is 0. The van der Waals surface area contributed by atoms with Gasteiger partial charge in [0.25, 0.3) is 0 Å². The third kappa shape index (κ3) is 18.4. The Morgan fingerprint density at radius 1 is 1.20 bits per heavy atom. The summed E-state index contributed by atoms with van der Waals surface area (Å²) in [5.74, 6) is 0. The molecule has 0 aliphatic rings. The summed E-state index contributed by atoms with van der Waals surface area (Å²) in [5, 5.41) is 0. The second-order valence-electron chi connectivity index (χ2n) is 0. The first kappa shape index (κ1) is 15.8. The van der Waals surface area contributed by atoms with E-state index in [9.17, 15) is 0 Å². The predicted octanol–water partition coefficient (Wildman–Crippen LogP) is 0.347. The first-order valence-corrected chi connectivity index (χ1v) is 6.70. The van der Waals surface area contributed by atoms with E-state index in [0.29, 0.717) is 47.1 Å². The van der Waals surface area contributed by atoms with Crippen molar-refractivity contribution in [2.75, 3.05) is 0 Å². The van der Waals surface area contributed by atoms with Crippen LogP contribution in [0.15, 0.2) is 0 Å².